The second kappa shape index (κ2) is 5.71. The Morgan fingerprint density at radius 3 is 2.43 bits per heavy atom. The summed E-state index contributed by atoms with van der Waals surface area (Å²) < 4.78 is 40.1. The van der Waals surface area contributed by atoms with Crippen LogP contribution in [0.5, 0.6) is 0 Å². The molecule has 0 radical (unpaired) electrons. The molecule has 0 saturated heterocycles. The minimum atomic E-state index is -4.60. The first-order valence-electron chi connectivity index (χ1n) is 6.55. The van der Waals surface area contributed by atoms with Gasteiger partial charge in [0.15, 0.2) is 5.82 Å². The SMILES string of the molecule is CCCNc1cc(-n2nc(C)cc2C)nc(C(F)(F)F)n1. The van der Waals surface area contributed by atoms with Crippen LogP contribution in [-0.2, 0) is 6.18 Å². The third-order valence-corrected chi connectivity index (χ3v) is 2.75. The summed E-state index contributed by atoms with van der Waals surface area (Å²) in [7, 11) is 0. The fraction of sp³-hybridized carbons (Fsp3) is 0.462. The number of hydrogen-bond acceptors (Lipinski definition) is 4. The van der Waals surface area contributed by atoms with Crippen molar-refractivity contribution in [2.45, 2.75) is 33.4 Å². The van der Waals surface area contributed by atoms with E-state index in [-0.39, 0.29) is 11.6 Å². The summed E-state index contributed by atoms with van der Waals surface area (Å²) in [4.78, 5) is 7.10. The van der Waals surface area contributed by atoms with Crippen molar-refractivity contribution in [3.05, 3.63) is 29.3 Å². The van der Waals surface area contributed by atoms with E-state index in [1.54, 1.807) is 19.9 Å². The molecule has 0 bridgehead atoms. The molecule has 0 fully saturated rings. The standard InChI is InChI=1S/C13H16F3N5/c1-4-5-17-10-7-11(19-12(18-10)13(14,15)16)21-9(3)6-8(2)20-21/h6-7H,4-5H2,1-3H3,(H,17,18,19). The van der Waals surface area contributed by atoms with Crippen molar-refractivity contribution in [3.8, 4) is 5.82 Å². The van der Waals surface area contributed by atoms with E-state index in [1.165, 1.54) is 10.7 Å². The molecule has 0 spiro atoms. The number of rotatable bonds is 4. The maximum absolute atomic E-state index is 12.9. The van der Waals surface area contributed by atoms with Gasteiger partial charge in [-0.25, -0.2) is 14.6 Å². The first kappa shape index (κ1) is 15.3. The molecule has 2 heterocycles. The van der Waals surface area contributed by atoms with Crippen LogP contribution in [0.25, 0.3) is 5.82 Å². The van der Waals surface area contributed by atoms with E-state index < -0.39 is 12.0 Å². The van der Waals surface area contributed by atoms with Gasteiger partial charge in [-0.1, -0.05) is 6.92 Å². The highest BCUT2D eigenvalue weighted by atomic mass is 19.4. The van der Waals surface area contributed by atoms with Crippen LogP contribution < -0.4 is 5.32 Å². The van der Waals surface area contributed by atoms with Crippen LogP contribution in [0.4, 0.5) is 19.0 Å². The number of nitrogens with zero attached hydrogens (tertiary/aromatic N) is 4. The van der Waals surface area contributed by atoms with E-state index in [9.17, 15) is 13.2 Å². The van der Waals surface area contributed by atoms with Gasteiger partial charge in [0.05, 0.1) is 5.69 Å². The number of hydrogen-bond donors (Lipinski definition) is 1. The molecular weight excluding hydrogens is 283 g/mol. The molecular formula is C13H16F3N5. The van der Waals surface area contributed by atoms with Crippen molar-refractivity contribution >= 4 is 5.82 Å². The summed E-state index contributed by atoms with van der Waals surface area (Å²) in [6.07, 6.45) is -3.82. The van der Waals surface area contributed by atoms with E-state index in [1.807, 2.05) is 6.92 Å². The Bertz CT molecular complexity index is 633. The molecule has 0 atom stereocenters. The lowest BCUT2D eigenvalue weighted by molar-refractivity contribution is -0.144. The first-order chi connectivity index (χ1) is 9.81. The molecule has 1 N–H and O–H groups in total. The van der Waals surface area contributed by atoms with Gasteiger partial charge in [-0.3, -0.25) is 0 Å². The van der Waals surface area contributed by atoms with Gasteiger partial charge in [-0.05, 0) is 26.3 Å². The van der Waals surface area contributed by atoms with Gasteiger partial charge in [0, 0.05) is 18.3 Å². The molecule has 0 aromatic carbocycles. The number of aryl methyl sites for hydroxylation is 2. The third-order valence-electron chi connectivity index (χ3n) is 2.75. The molecule has 0 unspecified atom stereocenters. The fourth-order valence-electron chi connectivity index (χ4n) is 1.87. The quantitative estimate of drug-likeness (QED) is 0.942. The molecule has 0 aliphatic rings. The number of anilines is 1. The Kier molecular flexibility index (Phi) is 4.15. The fourth-order valence-corrected chi connectivity index (χ4v) is 1.87. The molecule has 0 saturated carbocycles. The lowest BCUT2D eigenvalue weighted by Crippen LogP contribution is -2.16. The smallest absolute Gasteiger partial charge is 0.370 e. The Labute approximate surface area is 120 Å². The normalized spacial score (nSPS) is 11.7. The highest BCUT2D eigenvalue weighted by Crippen LogP contribution is 2.28. The van der Waals surface area contributed by atoms with E-state index in [0.29, 0.717) is 17.9 Å². The van der Waals surface area contributed by atoms with Crippen LogP contribution in [0, 0.1) is 13.8 Å². The van der Waals surface area contributed by atoms with Gasteiger partial charge < -0.3 is 5.32 Å². The predicted molar refractivity (Wildman–Crippen MR) is 72.4 cm³/mol. The summed E-state index contributed by atoms with van der Waals surface area (Å²) in [6, 6.07) is 3.23. The van der Waals surface area contributed by atoms with Gasteiger partial charge in [0.2, 0.25) is 5.82 Å². The van der Waals surface area contributed by atoms with Gasteiger partial charge in [-0.15, -0.1) is 0 Å². The van der Waals surface area contributed by atoms with E-state index in [4.69, 9.17) is 0 Å². The highest BCUT2D eigenvalue weighted by molar-refractivity contribution is 5.42. The molecule has 114 valence electrons. The summed E-state index contributed by atoms with van der Waals surface area (Å²) in [6.45, 7) is 5.98. The average molecular weight is 299 g/mol. The van der Waals surface area contributed by atoms with Crippen LogP contribution in [0.2, 0.25) is 0 Å². The lowest BCUT2D eigenvalue weighted by Gasteiger charge is -2.12. The van der Waals surface area contributed by atoms with E-state index in [2.05, 4.69) is 20.4 Å². The predicted octanol–water partition coefficient (Wildman–Crippen LogP) is 3.12. The van der Waals surface area contributed by atoms with Gasteiger partial charge in [-0.2, -0.15) is 18.3 Å². The van der Waals surface area contributed by atoms with Gasteiger partial charge in [0.1, 0.15) is 5.82 Å². The summed E-state index contributed by atoms with van der Waals surface area (Å²) in [5, 5.41) is 7.01. The molecule has 2 aromatic heterocycles. The van der Waals surface area contributed by atoms with Gasteiger partial charge in [0.25, 0.3) is 0 Å². The summed E-state index contributed by atoms with van der Waals surface area (Å²) in [5.74, 6) is -0.936. The van der Waals surface area contributed by atoms with Crippen molar-refractivity contribution in [1.29, 1.82) is 0 Å². The van der Waals surface area contributed by atoms with Crippen molar-refractivity contribution < 1.29 is 13.2 Å². The van der Waals surface area contributed by atoms with Crippen molar-refractivity contribution in [2.24, 2.45) is 0 Å². The zero-order valence-electron chi connectivity index (χ0n) is 12.0. The monoisotopic (exact) mass is 299 g/mol. The van der Waals surface area contributed by atoms with Crippen molar-refractivity contribution in [3.63, 3.8) is 0 Å². The molecule has 5 nitrogen and oxygen atoms in total. The maximum atomic E-state index is 12.9. The Balaban J connectivity index is 2.51. The number of aromatic nitrogens is 4. The van der Waals surface area contributed by atoms with Crippen LogP contribution in [0.3, 0.4) is 0 Å². The number of nitrogens with one attached hydrogen (secondary N) is 1. The maximum Gasteiger partial charge on any atom is 0.451 e. The largest absolute Gasteiger partial charge is 0.451 e. The number of halogens is 3. The zero-order valence-corrected chi connectivity index (χ0v) is 12.0. The summed E-state index contributed by atoms with van der Waals surface area (Å²) >= 11 is 0. The Morgan fingerprint density at radius 1 is 1.19 bits per heavy atom. The zero-order chi connectivity index (χ0) is 15.6. The van der Waals surface area contributed by atoms with Crippen molar-refractivity contribution in [2.75, 3.05) is 11.9 Å². The lowest BCUT2D eigenvalue weighted by atomic mass is 10.4. The van der Waals surface area contributed by atoms with E-state index >= 15 is 0 Å². The minimum absolute atomic E-state index is 0.0986. The highest BCUT2D eigenvalue weighted by Gasteiger charge is 2.35. The minimum Gasteiger partial charge on any atom is -0.370 e. The molecule has 21 heavy (non-hydrogen) atoms. The van der Waals surface area contributed by atoms with Gasteiger partial charge >= 0.3 is 6.18 Å². The molecule has 0 amide bonds. The Hall–Kier alpha value is -2.12. The molecule has 0 aliphatic heterocycles. The van der Waals surface area contributed by atoms with Crippen LogP contribution >= 0.6 is 0 Å². The van der Waals surface area contributed by atoms with Crippen LogP contribution in [0.1, 0.15) is 30.6 Å². The summed E-state index contributed by atoms with van der Waals surface area (Å²) in [5.41, 5.74) is 1.42. The third kappa shape index (κ3) is 3.50. The van der Waals surface area contributed by atoms with Crippen molar-refractivity contribution in [1.82, 2.24) is 19.7 Å². The number of alkyl halides is 3. The first-order valence-corrected chi connectivity index (χ1v) is 6.55. The van der Waals surface area contributed by atoms with Crippen LogP contribution in [-0.4, -0.2) is 26.3 Å². The van der Waals surface area contributed by atoms with Crippen LogP contribution in [0.15, 0.2) is 12.1 Å². The molecule has 8 heteroatoms. The second-order valence-corrected chi connectivity index (χ2v) is 4.70. The molecule has 0 aliphatic carbocycles. The van der Waals surface area contributed by atoms with E-state index in [0.717, 1.165) is 6.42 Å². The average Bonchev–Trinajstić information content (AvgIpc) is 2.74. The molecule has 2 aromatic rings. The topological polar surface area (TPSA) is 55.6 Å². The molecule has 2 rings (SSSR count). The Morgan fingerprint density at radius 2 is 1.90 bits per heavy atom. The second-order valence-electron chi connectivity index (χ2n) is 4.70.